The monoisotopic (exact) mass is 233 g/mol. The van der Waals surface area contributed by atoms with Gasteiger partial charge in [0, 0.05) is 12.1 Å². The van der Waals surface area contributed by atoms with Gasteiger partial charge < -0.3 is 10.4 Å². The molecule has 4 nitrogen and oxygen atoms in total. The predicted octanol–water partition coefficient (Wildman–Crippen LogP) is -0.0775. The standard InChI is InChI=1S/C10H19NO3S/c1-7(4-8-2-3-8)11-9-5-15(13,14)6-10(9)12/h7-12H,2-6H2,1H3. The lowest BCUT2D eigenvalue weighted by molar-refractivity contribution is 0.159. The summed E-state index contributed by atoms with van der Waals surface area (Å²) in [6.45, 7) is 2.07. The van der Waals surface area contributed by atoms with Crippen molar-refractivity contribution in [1.29, 1.82) is 0 Å². The maximum absolute atomic E-state index is 11.3. The summed E-state index contributed by atoms with van der Waals surface area (Å²) in [4.78, 5) is 0. The Bertz CT molecular complexity index is 324. The minimum Gasteiger partial charge on any atom is -0.390 e. The molecule has 1 saturated carbocycles. The topological polar surface area (TPSA) is 66.4 Å². The third-order valence-electron chi connectivity index (χ3n) is 3.21. The van der Waals surface area contributed by atoms with Crippen molar-refractivity contribution in [1.82, 2.24) is 5.32 Å². The zero-order valence-electron chi connectivity index (χ0n) is 9.02. The van der Waals surface area contributed by atoms with Gasteiger partial charge in [0.1, 0.15) is 0 Å². The molecule has 2 N–H and O–H groups in total. The molecule has 1 saturated heterocycles. The first-order chi connectivity index (χ1) is 6.96. The second kappa shape index (κ2) is 4.03. The molecule has 2 rings (SSSR count). The summed E-state index contributed by atoms with van der Waals surface area (Å²) in [5, 5.41) is 12.8. The maximum Gasteiger partial charge on any atom is 0.154 e. The molecular formula is C10H19NO3S. The van der Waals surface area contributed by atoms with Crippen LogP contribution in [0.5, 0.6) is 0 Å². The van der Waals surface area contributed by atoms with Gasteiger partial charge in [-0.3, -0.25) is 0 Å². The van der Waals surface area contributed by atoms with E-state index in [2.05, 4.69) is 12.2 Å². The summed E-state index contributed by atoms with van der Waals surface area (Å²) in [7, 11) is -3.02. The Morgan fingerprint density at radius 1 is 1.40 bits per heavy atom. The smallest absolute Gasteiger partial charge is 0.154 e. The highest BCUT2D eigenvalue weighted by atomic mass is 32.2. The third-order valence-corrected chi connectivity index (χ3v) is 4.92. The molecule has 0 aromatic carbocycles. The van der Waals surface area contributed by atoms with Crippen LogP contribution in [0.3, 0.4) is 0 Å². The predicted molar refractivity (Wildman–Crippen MR) is 58.4 cm³/mol. The molecule has 1 aliphatic carbocycles. The van der Waals surface area contributed by atoms with E-state index in [-0.39, 0.29) is 17.5 Å². The van der Waals surface area contributed by atoms with Crippen molar-refractivity contribution in [3.8, 4) is 0 Å². The molecule has 2 fully saturated rings. The number of rotatable bonds is 4. The zero-order chi connectivity index (χ0) is 11.1. The summed E-state index contributed by atoms with van der Waals surface area (Å²) in [5.74, 6) is 0.826. The molecule has 3 unspecified atom stereocenters. The average Bonchev–Trinajstić information content (AvgIpc) is 2.80. The fourth-order valence-corrected chi connectivity index (χ4v) is 4.03. The van der Waals surface area contributed by atoms with E-state index < -0.39 is 15.9 Å². The van der Waals surface area contributed by atoms with Crippen LogP contribution in [0.25, 0.3) is 0 Å². The Morgan fingerprint density at radius 2 is 2.07 bits per heavy atom. The summed E-state index contributed by atoms with van der Waals surface area (Å²) < 4.78 is 22.5. The fraction of sp³-hybridized carbons (Fsp3) is 1.00. The van der Waals surface area contributed by atoms with Crippen molar-refractivity contribution in [2.75, 3.05) is 11.5 Å². The highest BCUT2D eigenvalue weighted by molar-refractivity contribution is 7.91. The van der Waals surface area contributed by atoms with Gasteiger partial charge in [-0.15, -0.1) is 0 Å². The van der Waals surface area contributed by atoms with Crippen molar-refractivity contribution in [2.24, 2.45) is 5.92 Å². The van der Waals surface area contributed by atoms with Crippen LogP contribution in [-0.2, 0) is 9.84 Å². The van der Waals surface area contributed by atoms with Crippen LogP contribution < -0.4 is 5.32 Å². The molecule has 3 atom stereocenters. The van der Waals surface area contributed by atoms with E-state index in [9.17, 15) is 13.5 Å². The van der Waals surface area contributed by atoms with Crippen LogP contribution in [0.1, 0.15) is 26.2 Å². The van der Waals surface area contributed by atoms with Gasteiger partial charge in [0.2, 0.25) is 0 Å². The lowest BCUT2D eigenvalue weighted by Crippen LogP contribution is -2.44. The first-order valence-corrected chi connectivity index (χ1v) is 7.43. The minimum atomic E-state index is -3.02. The highest BCUT2D eigenvalue weighted by Gasteiger charge is 2.37. The number of hydrogen-bond donors (Lipinski definition) is 2. The van der Waals surface area contributed by atoms with Crippen LogP contribution in [-0.4, -0.2) is 43.2 Å². The lowest BCUT2D eigenvalue weighted by Gasteiger charge is -2.20. The molecule has 1 aliphatic heterocycles. The van der Waals surface area contributed by atoms with Crippen molar-refractivity contribution in [3.63, 3.8) is 0 Å². The Labute approximate surface area is 91.0 Å². The number of aliphatic hydroxyl groups is 1. The number of nitrogens with one attached hydrogen (secondary N) is 1. The Hall–Kier alpha value is -0.130. The van der Waals surface area contributed by atoms with Gasteiger partial charge in [0.15, 0.2) is 9.84 Å². The molecular weight excluding hydrogens is 214 g/mol. The van der Waals surface area contributed by atoms with Crippen molar-refractivity contribution >= 4 is 9.84 Å². The first-order valence-electron chi connectivity index (χ1n) is 5.61. The van der Waals surface area contributed by atoms with Crippen LogP contribution >= 0.6 is 0 Å². The Morgan fingerprint density at radius 3 is 2.53 bits per heavy atom. The van der Waals surface area contributed by atoms with Gasteiger partial charge in [0.05, 0.1) is 17.6 Å². The third kappa shape index (κ3) is 3.16. The number of hydrogen-bond acceptors (Lipinski definition) is 4. The molecule has 0 spiro atoms. The van der Waals surface area contributed by atoms with Crippen LogP contribution in [0.2, 0.25) is 0 Å². The Balaban J connectivity index is 1.83. The van der Waals surface area contributed by atoms with Gasteiger partial charge in [-0.05, 0) is 19.3 Å². The number of aliphatic hydroxyl groups excluding tert-OH is 1. The highest BCUT2D eigenvalue weighted by Crippen LogP contribution is 2.33. The SMILES string of the molecule is CC(CC1CC1)NC1CS(=O)(=O)CC1O. The summed E-state index contributed by atoms with van der Waals surface area (Å²) in [6, 6.07) is 0.0502. The molecule has 88 valence electrons. The minimum absolute atomic E-state index is 0.0825. The molecule has 5 heteroatoms. The molecule has 1 heterocycles. The molecule has 0 aromatic heterocycles. The van der Waals surface area contributed by atoms with E-state index in [1.807, 2.05) is 0 Å². The second-order valence-corrected chi connectivity index (χ2v) is 7.15. The van der Waals surface area contributed by atoms with Crippen molar-refractivity contribution in [3.05, 3.63) is 0 Å². The quantitative estimate of drug-likeness (QED) is 0.713. The molecule has 0 radical (unpaired) electrons. The van der Waals surface area contributed by atoms with Gasteiger partial charge in [0.25, 0.3) is 0 Å². The zero-order valence-corrected chi connectivity index (χ0v) is 9.83. The van der Waals surface area contributed by atoms with Gasteiger partial charge in [-0.1, -0.05) is 12.8 Å². The van der Waals surface area contributed by atoms with E-state index >= 15 is 0 Å². The maximum atomic E-state index is 11.3. The Kier molecular flexibility index (Phi) is 3.05. The molecule has 2 aliphatic rings. The first kappa shape index (κ1) is 11.4. The lowest BCUT2D eigenvalue weighted by atomic mass is 10.1. The number of sulfone groups is 1. The summed E-state index contributed by atoms with van der Waals surface area (Å²) in [6.07, 6.45) is 2.98. The van der Waals surface area contributed by atoms with Gasteiger partial charge in [-0.2, -0.15) is 0 Å². The summed E-state index contributed by atoms with van der Waals surface area (Å²) in [5.41, 5.74) is 0. The molecule has 15 heavy (non-hydrogen) atoms. The van der Waals surface area contributed by atoms with E-state index in [1.54, 1.807) is 0 Å². The molecule has 0 aromatic rings. The molecule has 0 bridgehead atoms. The van der Waals surface area contributed by atoms with Crippen molar-refractivity contribution < 1.29 is 13.5 Å². The van der Waals surface area contributed by atoms with Crippen LogP contribution in [0.15, 0.2) is 0 Å². The molecule has 0 amide bonds. The van der Waals surface area contributed by atoms with Crippen LogP contribution in [0.4, 0.5) is 0 Å². The van der Waals surface area contributed by atoms with Crippen LogP contribution in [0, 0.1) is 5.92 Å². The van der Waals surface area contributed by atoms with Crippen molar-refractivity contribution in [2.45, 2.75) is 44.4 Å². The normalized spacial score (nSPS) is 36.7. The van der Waals surface area contributed by atoms with E-state index in [0.29, 0.717) is 6.04 Å². The largest absolute Gasteiger partial charge is 0.390 e. The fourth-order valence-electron chi connectivity index (χ4n) is 2.28. The van der Waals surface area contributed by atoms with Gasteiger partial charge in [-0.25, -0.2) is 8.42 Å². The van der Waals surface area contributed by atoms with E-state index in [1.165, 1.54) is 12.8 Å². The van der Waals surface area contributed by atoms with E-state index in [0.717, 1.165) is 12.3 Å². The second-order valence-electron chi connectivity index (χ2n) is 5.00. The van der Waals surface area contributed by atoms with Gasteiger partial charge >= 0.3 is 0 Å². The average molecular weight is 233 g/mol. The van der Waals surface area contributed by atoms with E-state index in [4.69, 9.17) is 0 Å². The summed E-state index contributed by atoms with van der Waals surface area (Å²) >= 11 is 0.